The molecule has 0 saturated heterocycles. The zero-order chi connectivity index (χ0) is 13.5. The summed E-state index contributed by atoms with van der Waals surface area (Å²) < 4.78 is 2.04. The van der Waals surface area contributed by atoms with E-state index in [1.54, 1.807) is 0 Å². The summed E-state index contributed by atoms with van der Waals surface area (Å²) in [6.45, 7) is 9.64. The monoisotopic (exact) mass is 271 g/mol. The average Bonchev–Trinajstić information content (AvgIpc) is 2.81. The first kappa shape index (κ1) is 15.5. The molecule has 0 saturated carbocycles. The number of rotatable bonds is 8. The number of nitrogens with one attached hydrogen (secondary N) is 1. The van der Waals surface area contributed by atoms with Gasteiger partial charge in [0.1, 0.15) is 0 Å². The second-order valence-corrected chi connectivity index (χ2v) is 5.63. The van der Waals surface area contributed by atoms with Crippen LogP contribution in [0.3, 0.4) is 0 Å². The summed E-state index contributed by atoms with van der Waals surface area (Å²) in [5.74, 6) is 1.30. The lowest BCUT2D eigenvalue weighted by Crippen LogP contribution is -2.33. The fourth-order valence-electron chi connectivity index (χ4n) is 1.93. The zero-order valence-corrected chi connectivity index (χ0v) is 12.7. The average molecular weight is 272 g/mol. The molecule has 0 aromatic carbocycles. The highest BCUT2D eigenvalue weighted by molar-refractivity contribution is 6.17. The molecule has 3 nitrogen and oxygen atoms in total. The van der Waals surface area contributed by atoms with Crippen molar-refractivity contribution in [1.29, 1.82) is 0 Å². The Kier molecular flexibility index (Phi) is 6.72. The molecule has 0 bridgehead atoms. The van der Waals surface area contributed by atoms with Crippen LogP contribution in [0.15, 0.2) is 12.3 Å². The third kappa shape index (κ3) is 4.62. The molecule has 2 atom stereocenters. The number of nitrogens with zero attached hydrogens (tertiary/aromatic N) is 2. The predicted octanol–water partition coefficient (Wildman–Crippen LogP) is 3.60. The second-order valence-electron chi connectivity index (χ2n) is 5.25. The van der Waals surface area contributed by atoms with Crippen molar-refractivity contribution in [2.75, 3.05) is 5.88 Å². The number of aromatic nitrogens is 2. The minimum atomic E-state index is 0.469. The number of hydrogen-bond donors (Lipinski definition) is 1. The Morgan fingerprint density at radius 2 is 2.11 bits per heavy atom. The van der Waals surface area contributed by atoms with Crippen molar-refractivity contribution in [1.82, 2.24) is 15.1 Å². The molecule has 0 spiro atoms. The number of alkyl halides is 1. The van der Waals surface area contributed by atoms with E-state index in [2.05, 4.69) is 50.4 Å². The molecule has 4 heteroatoms. The Morgan fingerprint density at radius 1 is 1.39 bits per heavy atom. The van der Waals surface area contributed by atoms with Crippen LogP contribution in [0, 0.1) is 5.92 Å². The Balaban J connectivity index is 2.49. The molecule has 0 aliphatic carbocycles. The van der Waals surface area contributed by atoms with Gasteiger partial charge in [-0.05, 0) is 31.7 Å². The van der Waals surface area contributed by atoms with Crippen LogP contribution in [0.2, 0.25) is 0 Å². The molecule has 0 amide bonds. The molecule has 1 aromatic rings. The molecule has 0 radical (unpaired) electrons. The summed E-state index contributed by atoms with van der Waals surface area (Å²) in [5.41, 5.74) is 1.11. The van der Waals surface area contributed by atoms with Crippen LogP contribution in [-0.4, -0.2) is 21.7 Å². The van der Waals surface area contributed by atoms with Crippen molar-refractivity contribution in [3.05, 3.63) is 18.0 Å². The molecule has 18 heavy (non-hydrogen) atoms. The summed E-state index contributed by atoms with van der Waals surface area (Å²) in [5, 5.41) is 8.14. The molecule has 1 rings (SSSR count). The van der Waals surface area contributed by atoms with E-state index in [0.29, 0.717) is 23.9 Å². The summed E-state index contributed by atoms with van der Waals surface area (Å²) in [6, 6.07) is 3.04. The van der Waals surface area contributed by atoms with E-state index in [4.69, 9.17) is 11.6 Å². The molecular weight excluding hydrogens is 246 g/mol. The van der Waals surface area contributed by atoms with Crippen LogP contribution in [0.25, 0.3) is 0 Å². The molecular formula is C14H26ClN3. The van der Waals surface area contributed by atoms with Gasteiger partial charge in [-0.25, -0.2) is 0 Å². The van der Waals surface area contributed by atoms with Crippen LogP contribution in [0.1, 0.15) is 52.3 Å². The van der Waals surface area contributed by atoms with E-state index in [9.17, 15) is 0 Å². The topological polar surface area (TPSA) is 29.9 Å². The Morgan fingerprint density at radius 3 is 2.67 bits per heavy atom. The fraction of sp³-hybridized carbons (Fsp3) is 0.786. The SMILES string of the molecule is CCC(C)n1ccc(CNC(CCCl)C(C)C)n1. The normalized spacial score (nSPS) is 15.0. The van der Waals surface area contributed by atoms with Crippen LogP contribution in [0.5, 0.6) is 0 Å². The van der Waals surface area contributed by atoms with Gasteiger partial charge < -0.3 is 5.32 Å². The largest absolute Gasteiger partial charge is 0.308 e. The smallest absolute Gasteiger partial charge is 0.0762 e. The van der Waals surface area contributed by atoms with Crippen molar-refractivity contribution in [3.8, 4) is 0 Å². The molecule has 0 aliphatic rings. The highest BCUT2D eigenvalue weighted by atomic mass is 35.5. The molecule has 1 aromatic heterocycles. The quantitative estimate of drug-likeness (QED) is 0.732. The maximum absolute atomic E-state index is 5.83. The highest BCUT2D eigenvalue weighted by Gasteiger charge is 2.12. The standard InChI is InChI=1S/C14H26ClN3/c1-5-12(4)18-9-7-13(17-18)10-16-14(6-8-15)11(2)3/h7,9,11-12,14,16H,5-6,8,10H2,1-4H3. The van der Waals surface area contributed by atoms with Crippen molar-refractivity contribution in [3.63, 3.8) is 0 Å². The maximum Gasteiger partial charge on any atom is 0.0762 e. The zero-order valence-electron chi connectivity index (χ0n) is 12.0. The first-order chi connectivity index (χ1) is 8.58. The predicted molar refractivity (Wildman–Crippen MR) is 78.0 cm³/mol. The summed E-state index contributed by atoms with van der Waals surface area (Å²) in [6.07, 6.45) is 4.18. The second kappa shape index (κ2) is 7.80. The number of halogens is 1. The van der Waals surface area contributed by atoms with Gasteiger partial charge in [-0.3, -0.25) is 4.68 Å². The van der Waals surface area contributed by atoms with Crippen LogP contribution in [0.4, 0.5) is 0 Å². The van der Waals surface area contributed by atoms with Gasteiger partial charge in [-0.15, -0.1) is 11.6 Å². The van der Waals surface area contributed by atoms with E-state index < -0.39 is 0 Å². The maximum atomic E-state index is 5.83. The van der Waals surface area contributed by atoms with Crippen molar-refractivity contribution < 1.29 is 0 Å². The Labute approximate surface area is 116 Å². The van der Waals surface area contributed by atoms with Crippen LogP contribution in [-0.2, 0) is 6.54 Å². The van der Waals surface area contributed by atoms with E-state index in [0.717, 1.165) is 25.1 Å². The lowest BCUT2D eigenvalue weighted by Gasteiger charge is -2.20. The summed E-state index contributed by atoms with van der Waals surface area (Å²) >= 11 is 5.83. The first-order valence-electron chi connectivity index (χ1n) is 6.91. The Hall–Kier alpha value is -0.540. The van der Waals surface area contributed by atoms with Gasteiger partial charge in [0.05, 0.1) is 5.69 Å². The molecule has 104 valence electrons. The minimum Gasteiger partial charge on any atom is -0.308 e. The van der Waals surface area contributed by atoms with E-state index in [1.807, 2.05) is 4.68 Å². The molecule has 1 N–H and O–H groups in total. The van der Waals surface area contributed by atoms with E-state index in [1.165, 1.54) is 0 Å². The van der Waals surface area contributed by atoms with Crippen molar-refractivity contribution in [2.24, 2.45) is 5.92 Å². The van der Waals surface area contributed by atoms with Gasteiger partial charge in [0.15, 0.2) is 0 Å². The molecule has 0 aliphatic heterocycles. The van der Waals surface area contributed by atoms with Gasteiger partial charge in [0, 0.05) is 30.7 Å². The third-order valence-corrected chi connectivity index (χ3v) is 3.69. The molecule has 0 fully saturated rings. The van der Waals surface area contributed by atoms with Crippen LogP contribution >= 0.6 is 11.6 Å². The Bertz CT molecular complexity index is 336. The van der Waals surface area contributed by atoms with Crippen molar-refractivity contribution in [2.45, 2.75) is 59.2 Å². The van der Waals surface area contributed by atoms with Gasteiger partial charge >= 0.3 is 0 Å². The lowest BCUT2D eigenvalue weighted by atomic mass is 10.0. The van der Waals surface area contributed by atoms with E-state index >= 15 is 0 Å². The minimum absolute atomic E-state index is 0.469. The van der Waals surface area contributed by atoms with Gasteiger partial charge in [-0.2, -0.15) is 5.10 Å². The highest BCUT2D eigenvalue weighted by Crippen LogP contribution is 2.11. The summed E-state index contributed by atoms with van der Waals surface area (Å²) in [4.78, 5) is 0. The van der Waals surface area contributed by atoms with Gasteiger partial charge in [-0.1, -0.05) is 20.8 Å². The molecule has 1 heterocycles. The third-order valence-electron chi connectivity index (χ3n) is 3.48. The van der Waals surface area contributed by atoms with Gasteiger partial charge in [0.2, 0.25) is 0 Å². The first-order valence-corrected chi connectivity index (χ1v) is 7.45. The lowest BCUT2D eigenvalue weighted by molar-refractivity contribution is 0.384. The number of hydrogen-bond acceptors (Lipinski definition) is 2. The fourth-order valence-corrected chi connectivity index (χ4v) is 2.16. The van der Waals surface area contributed by atoms with Crippen molar-refractivity contribution >= 4 is 11.6 Å². The molecule has 2 unspecified atom stereocenters. The summed E-state index contributed by atoms with van der Waals surface area (Å²) in [7, 11) is 0. The van der Waals surface area contributed by atoms with Gasteiger partial charge in [0.25, 0.3) is 0 Å². The van der Waals surface area contributed by atoms with E-state index in [-0.39, 0.29) is 0 Å². The van der Waals surface area contributed by atoms with Crippen LogP contribution < -0.4 is 5.32 Å².